The van der Waals surface area contributed by atoms with Gasteiger partial charge in [-0.05, 0) is 42.5 Å². The van der Waals surface area contributed by atoms with Crippen molar-refractivity contribution in [1.82, 2.24) is 19.9 Å². The van der Waals surface area contributed by atoms with Crippen molar-refractivity contribution in [2.24, 2.45) is 0 Å². The van der Waals surface area contributed by atoms with E-state index in [1.807, 2.05) is 41.0 Å². The van der Waals surface area contributed by atoms with E-state index in [1.165, 1.54) is 25.0 Å². The molecule has 2 aromatic heterocycles. The summed E-state index contributed by atoms with van der Waals surface area (Å²) in [6, 6.07) is 18.3. The van der Waals surface area contributed by atoms with Gasteiger partial charge in [0.25, 0.3) is 5.24 Å². The highest BCUT2D eigenvalue weighted by atomic mass is 32.2. The van der Waals surface area contributed by atoms with Crippen LogP contribution in [-0.2, 0) is 17.8 Å². The molecule has 1 atom stereocenters. The van der Waals surface area contributed by atoms with Crippen LogP contribution in [0.5, 0.6) is 5.75 Å². The number of benzene rings is 2. The molecule has 6 rings (SSSR count). The van der Waals surface area contributed by atoms with Crippen molar-refractivity contribution in [2.75, 3.05) is 0 Å². The van der Waals surface area contributed by atoms with Gasteiger partial charge in [0.05, 0.1) is 17.1 Å². The number of nitrogens with zero attached hydrogens (tertiary/aromatic N) is 3. The molecule has 1 aliphatic carbocycles. The van der Waals surface area contributed by atoms with Gasteiger partial charge in [-0.1, -0.05) is 73.5 Å². The number of hydrogen-bond acceptors (Lipinski definition) is 6. The fourth-order valence-corrected chi connectivity index (χ4v) is 6.18. The monoisotopic (exact) mass is 512 g/mol. The Bertz CT molecular complexity index is 1430. The molecule has 2 aromatic carbocycles. The highest BCUT2D eigenvalue weighted by Crippen LogP contribution is 2.39. The van der Waals surface area contributed by atoms with Gasteiger partial charge in [0, 0.05) is 23.2 Å². The van der Waals surface area contributed by atoms with Crippen LogP contribution in [0, 0.1) is 0 Å². The molecule has 2 amide bonds. The molecule has 1 saturated carbocycles. The van der Waals surface area contributed by atoms with Crippen molar-refractivity contribution in [3.63, 3.8) is 0 Å². The van der Waals surface area contributed by atoms with Crippen LogP contribution in [0.25, 0.3) is 16.8 Å². The van der Waals surface area contributed by atoms with E-state index in [-0.39, 0.29) is 11.1 Å². The largest absolute Gasteiger partial charge is 0.489 e. The van der Waals surface area contributed by atoms with Gasteiger partial charge in [-0.2, -0.15) is 5.10 Å². The summed E-state index contributed by atoms with van der Waals surface area (Å²) in [5.41, 5.74) is 6.11. The molecule has 2 fully saturated rings. The fraction of sp³-hybridized carbons (Fsp3) is 0.310. The minimum Gasteiger partial charge on any atom is -0.489 e. The van der Waals surface area contributed by atoms with Gasteiger partial charge in [-0.15, -0.1) is 0 Å². The third-order valence-electron chi connectivity index (χ3n) is 7.21. The summed E-state index contributed by atoms with van der Waals surface area (Å²) in [5.74, 6) is 0.971. The second kappa shape index (κ2) is 10.4. The lowest BCUT2D eigenvalue weighted by Gasteiger charge is -2.25. The Morgan fingerprint density at radius 1 is 0.973 bits per heavy atom. The standard InChI is InChI=1S/C29H28N4O3S/c34-28-25(37-29(35)32-28)15-22-16-31-33-26(21-9-5-2-6-10-21)24(17-30-27(22)33)20-11-13-23(14-12-20)36-18-19-7-3-1-4-8-19/h1,3-4,7-8,11-14,16-17,21,25H,2,5-6,9-10,15,18H2,(H,32,34,35). The molecule has 1 unspecified atom stereocenters. The third-order valence-corrected chi connectivity index (χ3v) is 8.20. The van der Waals surface area contributed by atoms with E-state index >= 15 is 0 Å². The number of carbonyl (C=O) groups excluding carboxylic acids is 2. The van der Waals surface area contributed by atoms with E-state index in [0.29, 0.717) is 18.9 Å². The van der Waals surface area contributed by atoms with Gasteiger partial charge in [0.15, 0.2) is 5.65 Å². The zero-order valence-electron chi connectivity index (χ0n) is 20.4. The lowest BCUT2D eigenvalue weighted by Crippen LogP contribution is -2.25. The number of hydrogen-bond donors (Lipinski definition) is 1. The summed E-state index contributed by atoms with van der Waals surface area (Å²) in [4.78, 5) is 28.6. The molecule has 3 heterocycles. The lowest BCUT2D eigenvalue weighted by atomic mass is 9.84. The molecular formula is C29H28N4O3S. The number of fused-ring (bicyclic) bond motifs is 1. The number of thioether (sulfide) groups is 1. The molecule has 7 nitrogen and oxygen atoms in total. The molecule has 0 bridgehead atoms. The Morgan fingerprint density at radius 2 is 1.76 bits per heavy atom. The second-order valence-electron chi connectivity index (χ2n) is 9.68. The fourth-order valence-electron chi connectivity index (χ4n) is 5.33. The average Bonchev–Trinajstić information content (AvgIpc) is 3.49. The molecule has 2 aliphatic rings. The van der Waals surface area contributed by atoms with Crippen LogP contribution in [0.1, 0.15) is 54.8 Å². The number of aromatic nitrogens is 3. The summed E-state index contributed by atoms with van der Waals surface area (Å²) < 4.78 is 7.96. The number of carbonyl (C=O) groups is 2. The smallest absolute Gasteiger partial charge is 0.286 e. The Morgan fingerprint density at radius 3 is 2.49 bits per heavy atom. The first-order valence-electron chi connectivity index (χ1n) is 12.8. The first kappa shape index (κ1) is 23.7. The van der Waals surface area contributed by atoms with E-state index in [2.05, 4.69) is 29.6 Å². The zero-order valence-corrected chi connectivity index (χ0v) is 21.2. The van der Waals surface area contributed by atoms with Gasteiger partial charge in [-0.25, -0.2) is 9.50 Å². The minimum absolute atomic E-state index is 0.243. The highest BCUT2D eigenvalue weighted by molar-refractivity contribution is 8.15. The van der Waals surface area contributed by atoms with Crippen molar-refractivity contribution in [3.05, 3.63) is 83.8 Å². The van der Waals surface area contributed by atoms with Crippen LogP contribution < -0.4 is 10.1 Å². The van der Waals surface area contributed by atoms with Gasteiger partial charge < -0.3 is 4.74 Å². The Balaban J connectivity index is 1.31. The number of amides is 2. The van der Waals surface area contributed by atoms with E-state index < -0.39 is 5.25 Å². The van der Waals surface area contributed by atoms with E-state index in [0.717, 1.165) is 58.3 Å². The number of imide groups is 1. The first-order valence-corrected chi connectivity index (χ1v) is 13.7. The van der Waals surface area contributed by atoms with E-state index in [4.69, 9.17) is 14.8 Å². The molecule has 4 aromatic rings. The van der Waals surface area contributed by atoms with Crippen LogP contribution >= 0.6 is 11.8 Å². The predicted octanol–water partition coefficient (Wildman–Crippen LogP) is 5.92. The van der Waals surface area contributed by atoms with Crippen LogP contribution in [0.3, 0.4) is 0 Å². The summed E-state index contributed by atoms with van der Waals surface area (Å²) in [7, 11) is 0. The SMILES string of the molecule is O=C1NC(=O)C(Cc2cnn3c(C4CCCCC4)c(-c4ccc(OCc5ccccc5)cc4)cnc23)S1. The maximum absolute atomic E-state index is 12.1. The normalized spacial score (nSPS) is 18.3. The van der Waals surface area contributed by atoms with Crippen molar-refractivity contribution in [1.29, 1.82) is 0 Å². The van der Waals surface area contributed by atoms with E-state index in [9.17, 15) is 9.59 Å². The Labute approximate surface area is 219 Å². The molecule has 0 radical (unpaired) electrons. The minimum atomic E-state index is -0.441. The van der Waals surface area contributed by atoms with Crippen molar-refractivity contribution in [2.45, 2.75) is 56.3 Å². The van der Waals surface area contributed by atoms with Gasteiger partial charge in [0.1, 0.15) is 12.4 Å². The van der Waals surface area contributed by atoms with Crippen molar-refractivity contribution >= 4 is 28.6 Å². The Hall–Kier alpha value is -3.65. The second-order valence-corrected chi connectivity index (χ2v) is 10.9. The maximum Gasteiger partial charge on any atom is 0.286 e. The zero-order chi connectivity index (χ0) is 25.2. The summed E-state index contributed by atoms with van der Waals surface area (Å²) in [5, 5.41) is 6.39. The van der Waals surface area contributed by atoms with Crippen LogP contribution in [-0.4, -0.2) is 31.0 Å². The number of ether oxygens (including phenoxy) is 1. The summed E-state index contributed by atoms with van der Waals surface area (Å²) in [6.07, 6.45) is 10.1. The highest BCUT2D eigenvalue weighted by Gasteiger charge is 2.33. The van der Waals surface area contributed by atoms with Gasteiger partial charge >= 0.3 is 0 Å². The topological polar surface area (TPSA) is 85.6 Å². The average molecular weight is 513 g/mol. The molecule has 1 N–H and O–H groups in total. The number of rotatable bonds is 7. The van der Waals surface area contributed by atoms with E-state index in [1.54, 1.807) is 6.20 Å². The van der Waals surface area contributed by atoms with Gasteiger partial charge in [-0.3, -0.25) is 14.9 Å². The third kappa shape index (κ3) is 4.98. The van der Waals surface area contributed by atoms with Gasteiger partial charge in [0.2, 0.25) is 5.91 Å². The summed E-state index contributed by atoms with van der Waals surface area (Å²) >= 11 is 1.04. The molecule has 37 heavy (non-hydrogen) atoms. The molecule has 1 aliphatic heterocycles. The number of nitrogens with one attached hydrogen (secondary N) is 1. The Kier molecular flexibility index (Phi) is 6.66. The first-order chi connectivity index (χ1) is 18.2. The molecule has 8 heteroatoms. The van der Waals surface area contributed by atoms with Crippen molar-refractivity contribution in [3.8, 4) is 16.9 Å². The maximum atomic E-state index is 12.1. The quantitative estimate of drug-likeness (QED) is 0.331. The van der Waals surface area contributed by atoms with Crippen LogP contribution in [0.2, 0.25) is 0 Å². The molecule has 0 spiro atoms. The molecule has 1 saturated heterocycles. The van der Waals surface area contributed by atoms with Crippen LogP contribution in [0.4, 0.5) is 4.79 Å². The molecule has 188 valence electrons. The van der Waals surface area contributed by atoms with Crippen molar-refractivity contribution < 1.29 is 14.3 Å². The molecular weight excluding hydrogens is 484 g/mol. The summed E-state index contributed by atoms with van der Waals surface area (Å²) in [6.45, 7) is 0.528. The lowest BCUT2D eigenvalue weighted by molar-refractivity contribution is -0.118. The van der Waals surface area contributed by atoms with Crippen LogP contribution in [0.15, 0.2) is 67.0 Å². The predicted molar refractivity (Wildman–Crippen MR) is 144 cm³/mol.